The first kappa shape index (κ1) is 18.1. The highest BCUT2D eigenvalue weighted by Crippen LogP contribution is 2.28. The van der Waals surface area contributed by atoms with Gasteiger partial charge in [0.15, 0.2) is 0 Å². The third kappa shape index (κ3) is 3.97. The van der Waals surface area contributed by atoms with Crippen molar-refractivity contribution in [1.29, 1.82) is 0 Å². The summed E-state index contributed by atoms with van der Waals surface area (Å²) < 4.78 is 0.826. The van der Waals surface area contributed by atoms with Gasteiger partial charge in [-0.3, -0.25) is 4.79 Å². The van der Waals surface area contributed by atoms with Crippen molar-refractivity contribution in [3.63, 3.8) is 0 Å². The number of piperidine rings is 1. The summed E-state index contributed by atoms with van der Waals surface area (Å²) in [5.74, 6) is 0.826. The molecular weight excluding hydrogens is 387 g/mol. The van der Waals surface area contributed by atoms with Gasteiger partial charge in [-0.15, -0.1) is 12.4 Å². The van der Waals surface area contributed by atoms with Crippen molar-refractivity contribution >= 4 is 45.8 Å². The third-order valence-corrected chi connectivity index (χ3v) is 5.89. The Kier molecular flexibility index (Phi) is 6.57. The molecule has 2 aliphatic rings. The molecule has 1 amide bonds. The van der Waals surface area contributed by atoms with Crippen LogP contribution in [-0.2, 0) is 0 Å². The normalized spacial score (nSPS) is 22.5. The lowest BCUT2D eigenvalue weighted by atomic mass is 9.88. The van der Waals surface area contributed by atoms with E-state index in [0.717, 1.165) is 42.9 Å². The highest BCUT2D eigenvalue weighted by atomic mass is 79.9. The smallest absolute Gasteiger partial charge is 0.253 e. The van der Waals surface area contributed by atoms with E-state index in [4.69, 9.17) is 11.6 Å². The van der Waals surface area contributed by atoms with Crippen LogP contribution < -0.4 is 5.32 Å². The number of hydrogen-bond donors (Lipinski definition) is 1. The van der Waals surface area contributed by atoms with Crippen molar-refractivity contribution in [1.82, 2.24) is 10.2 Å². The average molecular weight is 408 g/mol. The van der Waals surface area contributed by atoms with E-state index < -0.39 is 0 Å². The summed E-state index contributed by atoms with van der Waals surface area (Å²) in [6.07, 6.45) is 4.80. The lowest BCUT2D eigenvalue weighted by Gasteiger charge is -2.35. The second-order valence-corrected chi connectivity index (χ2v) is 7.22. The first-order chi connectivity index (χ1) is 10.1. The van der Waals surface area contributed by atoms with E-state index >= 15 is 0 Å². The van der Waals surface area contributed by atoms with Crippen LogP contribution in [0.3, 0.4) is 0 Å². The Bertz CT molecular complexity index is 527. The molecule has 2 saturated heterocycles. The van der Waals surface area contributed by atoms with Crippen LogP contribution in [-0.4, -0.2) is 36.5 Å². The number of rotatable bonds is 2. The number of nitrogens with one attached hydrogen (secondary N) is 1. The van der Waals surface area contributed by atoms with Crippen LogP contribution in [0.25, 0.3) is 0 Å². The van der Waals surface area contributed by atoms with E-state index in [0.29, 0.717) is 16.6 Å². The fourth-order valence-corrected chi connectivity index (χ4v) is 3.86. The van der Waals surface area contributed by atoms with Gasteiger partial charge in [0.1, 0.15) is 0 Å². The predicted molar refractivity (Wildman–Crippen MR) is 96.1 cm³/mol. The molecule has 1 atom stereocenters. The maximum absolute atomic E-state index is 12.5. The zero-order chi connectivity index (χ0) is 14.8. The maximum atomic E-state index is 12.5. The Hall–Kier alpha value is -0.290. The van der Waals surface area contributed by atoms with E-state index in [2.05, 4.69) is 21.2 Å². The SMILES string of the molecule is Cl.O=C(c1ccc(Br)c(Cl)c1)N1CCC(C2CCCN2)CC1. The largest absolute Gasteiger partial charge is 0.339 e. The molecular formula is C16H21BrCl2N2O. The molecule has 22 heavy (non-hydrogen) atoms. The molecule has 1 N–H and O–H groups in total. The number of amides is 1. The lowest BCUT2D eigenvalue weighted by Crippen LogP contribution is -2.43. The zero-order valence-corrected chi connectivity index (χ0v) is 15.5. The van der Waals surface area contributed by atoms with Gasteiger partial charge < -0.3 is 10.2 Å². The lowest BCUT2D eigenvalue weighted by molar-refractivity contribution is 0.0674. The number of benzene rings is 1. The minimum atomic E-state index is 0. The molecule has 2 fully saturated rings. The third-order valence-electron chi connectivity index (χ3n) is 4.66. The van der Waals surface area contributed by atoms with Gasteiger partial charge >= 0.3 is 0 Å². The summed E-state index contributed by atoms with van der Waals surface area (Å²) in [5, 5.41) is 4.18. The Morgan fingerprint density at radius 3 is 2.59 bits per heavy atom. The minimum absolute atomic E-state index is 0. The topological polar surface area (TPSA) is 32.3 Å². The summed E-state index contributed by atoms with van der Waals surface area (Å²) in [6.45, 7) is 2.87. The molecule has 0 bridgehead atoms. The monoisotopic (exact) mass is 406 g/mol. The average Bonchev–Trinajstić information content (AvgIpc) is 3.04. The van der Waals surface area contributed by atoms with Gasteiger partial charge in [0, 0.05) is 29.2 Å². The molecule has 2 heterocycles. The summed E-state index contributed by atoms with van der Waals surface area (Å²) in [7, 11) is 0. The fourth-order valence-electron chi connectivity index (χ4n) is 3.43. The van der Waals surface area contributed by atoms with Crippen molar-refractivity contribution < 1.29 is 4.79 Å². The van der Waals surface area contributed by atoms with Crippen molar-refractivity contribution in [3.05, 3.63) is 33.3 Å². The van der Waals surface area contributed by atoms with Crippen LogP contribution in [0, 0.1) is 5.92 Å². The minimum Gasteiger partial charge on any atom is -0.339 e. The molecule has 3 nitrogen and oxygen atoms in total. The summed E-state index contributed by atoms with van der Waals surface area (Å²) in [4.78, 5) is 14.5. The van der Waals surface area contributed by atoms with Gasteiger partial charge in [0.05, 0.1) is 5.02 Å². The number of halogens is 3. The van der Waals surface area contributed by atoms with Crippen molar-refractivity contribution in [2.45, 2.75) is 31.7 Å². The summed E-state index contributed by atoms with van der Waals surface area (Å²) >= 11 is 9.44. The number of carbonyl (C=O) groups excluding carboxylic acids is 1. The molecule has 0 aromatic heterocycles. The zero-order valence-electron chi connectivity index (χ0n) is 12.4. The van der Waals surface area contributed by atoms with E-state index in [9.17, 15) is 4.79 Å². The van der Waals surface area contributed by atoms with E-state index in [1.807, 2.05) is 17.0 Å². The molecule has 0 aliphatic carbocycles. The number of nitrogens with zero attached hydrogens (tertiary/aromatic N) is 1. The van der Waals surface area contributed by atoms with Gasteiger partial charge in [-0.1, -0.05) is 11.6 Å². The standard InChI is InChI=1S/C16H20BrClN2O.ClH/c17-13-4-3-12(10-14(13)18)16(21)20-8-5-11(6-9-20)15-2-1-7-19-15;/h3-4,10-11,15,19H,1-2,5-9H2;1H. The fraction of sp³-hybridized carbons (Fsp3) is 0.562. The quantitative estimate of drug-likeness (QED) is 0.799. The molecule has 2 aliphatic heterocycles. The van der Waals surface area contributed by atoms with Gasteiger partial charge in [0.2, 0.25) is 0 Å². The Morgan fingerprint density at radius 1 is 1.27 bits per heavy atom. The van der Waals surface area contributed by atoms with Crippen LogP contribution in [0.2, 0.25) is 5.02 Å². The number of carbonyl (C=O) groups is 1. The molecule has 0 radical (unpaired) electrons. The van der Waals surface area contributed by atoms with Crippen LogP contribution in [0.1, 0.15) is 36.0 Å². The Morgan fingerprint density at radius 2 is 2.00 bits per heavy atom. The Balaban J connectivity index is 0.00000176. The number of hydrogen-bond acceptors (Lipinski definition) is 2. The number of likely N-dealkylation sites (tertiary alicyclic amines) is 1. The second kappa shape index (κ2) is 8.00. The first-order valence-electron chi connectivity index (χ1n) is 7.63. The van der Waals surface area contributed by atoms with E-state index in [1.54, 1.807) is 6.07 Å². The molecule has 0 saturated carbocycles. The second-order valence-electron chi connectivity index (χ2n) is 5.96. The summed E-state index contributed by atoms with van der Waals surface area (Å²) in [5.41, 5.74) is 0.681. The summed E-state index contributed by atoms with van der Waals surface area (Å²) in [6, 6.07) is 6.09. The van der Waals surface area contributed by atoms with Crippen LogP contribution in [0.4, 0.5) is 0 Å². The van der Waals surface area contributed by atoms with E-state index in [1.165, 1.54) is 12.8 Å². The predicted octanol–water partition coefficient (Wildman–Crippen LogP) is 4.13. The van der Waals surface area contributed by atoms with Gasteiger partial charge in [-0.2, -0.15) is 0 Å². The highest BCUT2D eigenvalue weighted by Gasteiger charge is 2.30. The molecule has 0 spiro atoms. The molecule has 1 aromatic carbocycles. The highest BCUT2D eigenvalue weighted by molar-refractivity contribution is 9.10. The van der Waals surface area contributed by atoms with E-state index in [-0.39, 0.29) is 18.3 Å². The molecule has 1 unspecified atom stereocenters. The molecule has 6 heteroatoms. The van der Waals surface area contributed by atoms with Crippen LogP contribution in [0.15, 0.2) is 22.7 Å². The van der Waals surface area contributed by atoms with Gasteiger partial charge in [0.25, 0.3) is 5.91 Å². The maximum Gasteiger partial charge on any atom is 0.253 e. The van der Waals surface area contributed by atoms with Crippen molar-refractivity contribution in [2.24, 2.45) is 5.92 Å². The van der Waals surface area contributed by atoms with Crippen LogP contribution in [0.5, 0.6) is 0 Å². The van der Waals surface area contributed by atoms with Crippen molar-refractivity contribution in [2.75, 3.05) is 19.6 Å². The van der Waals surface area contributed by atoms with Crippen molar-refractivity contribution in [3.8, 4) is 0 Å². The van der Waals surface area contributed by atoms with Crippen LogP contribution >= 0.6 is 39.9 Å². The first-order valence-corrected chi connectivity index (χ1v) is 8.80. The Labute approximate surface area is 151 Å². The molecule has 1 aromatic rings. The van der Waals surface area contributed by atoms with Gasteiger partial charge in [-0.25, -0.2) is 0 Å². The molecule has 122 valence electrons. The van der Waals surface area contributed by atoms with Gasteiger partial charge in [-0.05, 0) is 72.3 Å². The molecule has 3 rings (SSSR count).